The van der Waals surface area contributed by atoms with Crippen LogP contribution in [0.5, 0.6) is 0 Å². The summed E-state index contributed by atoms with van der Waals surface area (Å²) in [6, 6.07) is -1.54. The largest absolute Gasteiger partial charge is 0.480 e. The molecule has 20 heavy (non-hydrogen) atoms. The first-order valence-electron chi connectivity index (χ1n) is 6.39. The van der Waals surface area contributed by atoms with E-state index < -0.39 is 24.6 Å². The van der Waals surface area contributed by atoms with Crippen LogP contribution >= 0.6 is 0 Å². The van der Waals surface area contributed by atoms with E-state index in [2.05, 4.69) is 10.4 Å². The van der Waals surface area contributed by atoms with E-state index in [1.807, 2.05) is 27.7 Å². The minimum absolute atomic E-state index is 0.280. The second-order valence-electron chi connectivity index (χ2n) is 5.46. The van der Waals surface area contributed by atoms with Crippen LogP contribution in [0.15, 0.2) is 6.20 Å². The molecule has 0 spiro atoms. The zero-order valence-electron chi connectivity index (χ0n) is 12.1. The lowest BCUT2D eigenvalue weighted by Gasteiger charge is -2.22. The Morgan fingerprint density at radius 2 is 2.10 bits per heavy atom. The molecule has 0 aromatic carbocycles. The first kappa shape index (κ1) is 16.1. The summed E-state index contributed by atoms with van der Waals surface area (Å²) in [5.41, 5.74) is 0.677. The number of carbonyl (C=O) groups excluding carboxylic acids is 1. The van der Waals surface area contributed by atoms with Crippen molar-refractivity contribution in [1.29, 1.82) is 0 Å². The smallest absolute Gasteiger partial charge is 0.328 e. The molecule has 112 valence electrons. The maximum absolute atomic E-state index is 12.5. The standard InChI is InChI=1S/C13H20FN3O3/c1-5-10-8(7-15-17(10)13(2,3)4)11(18)16-9(6-14)12(19)20/h7,9H,5-6H2,1-4H3,(H,16,18)(H,19,20). The second-order valence-corrected chi connectivity index (χ2v) is 5.46. The summed E-state index contributed by atoms with van der Waals surface area (Å²) in [7, 11) is 0. The molecule has 1 unspecified atom stereocenters. The molecule has 1 aromatic rings. The molecule has 2 N–H and O–H groups in total. The molecule has 1 amide bonds. The van der Waals surface area contributed by atoms with Gasteiger partial charge in [0.25, 0.3) is 5.91 Å². The molecule has 0 bridgehead atoms. The Bertz CT molecular complexity index is 505. The Hall–Kier alpha value is -1.92. The summed E-state index contributed by atoms with van der Waals surface area (Å²) in [4.78, 5) is 22.8. The van der Waals surface area contributed by atoms with Gasteiger partial charge >= 0.3 is 5.97 Å². The van der Waals surface area contributed by atoms with Crippen LogP contribution in [-0.2, 0) is 16.8 Å². The van der Waals surface area contributed by atoms with Crippen LogP contribution in [0, 0.1) is 0 Å². The molecule has 0 aliphatic rings. The lowest BCUT2D eigenvalue weighted by atomic mass is 10.1. The number of amides is 1. The summed E-state index contributed by atoms with van der Waals surface area (Å²) >= 11 is 0. The highest BCUT2D eigenvalue weighted by Crippen LogP contribution is 2.19. The molecule has 0 radical (unpaired) electrons. The Balaban J connectivity index is 3.06. The van der Waals surface area contributed by atoms with Gasteiger partial charge in [0.15, 0.2) is 6.04 Å². The SMILES string of the molecule is CCc1c(C(=O)NC(CF)C(=O)O)cnn1C(C)(C)C. The maximum Gasteiger partial charge on any atom is 0.328 e. The van der Waals surface area contributed by atoms with Crippen LogP contribution in [0.2, 0.25) is 0 Å². The fraction of sp³-hybridized carbons (Fsp3) is 0.615. The number of nitrogens with one attached hydrogen (secondary N) is 1. The average molecular weight is 285 g/mol. The number of carboxylic acids is 1. The molecule has 0 saturated carbocycles. The number of aromatic nitrogens is 2. The van der Waals surface area contributed by atoms with Crippen LogP contribution < -0.4 is 5.32 Å². The Kier molecular flexibility index (Phi) is 4.86. The van der Waals surface area contributed by atoms with Crippen molar-refractivity contribution in [1.82, 2.24) is 15.1 Å². The van der Waals surface area contributed by atoms with Gasteiger partial charge in [0.2, 0.25) is 0 Å². The zero-order chi connectivity index (χ0) is 15.5. The fourth-order valence-corrected chi connectivity index (χ4v) is 1.88. The van der Waals surface area contributed by atoms with Crippen molar-refractivity contribution in [2.75, 3.05) is 6.67 Å². The van der Waals surface area contributed by atoms with Crippen molar-refractivity contribution in [3.05, 3.63) is 17.5 Å². The lowest BCUT2D eigenvalue weighted by Crippen LogP contribution is -2.42. The van der Waals surface area contributed by atoms with Gasteiger partial charge in [-0.05, 0) is 27.2 Å². The van der Waals surface area contributed by atoms with Crippen LogP contribution in [0.1, 0.15) is 43.7 Å². The first-order valence-corrected chi connectivity index (χ1v) is 6.39. The normalized spacial score (nSPS) is 13.1. The molecule has 1 aromatic heterocycles. The monoisotopic (exact) mass is 285 g/mol. The highest BCUT2D eigenvalue weighted by atomic mass is 19.1. The summed E-state index contributed by atoms with van der Waals surface area (Å²) in [5.74, 6) is -2.02. The van der Waals surface area contributed by atoms with Crippen LogP contribution in [0.3, 0.4) is 0 Å². The van der Waals surface area contributed by atoms with Crippen molar-refractivity contribution >= 4 is 11.9 Å². The highest BCUT2D eigenvalue weighted by molar-refractivity contribution is 5.97. The predicted octanol–water partition coefficient (Wildman–Crippen LogP) is 1.35. The lowest BCUT2D eigenvalue weighted by molar-refractivity contribution is -0.139. The van der Waals surface area contributed by atoms with Crippen molar-refractivity contribution < 1.29 is 19.1 Å². The fourth-order valence-electron chi connectivity index (χ4n) is 1.88. The number of rotatable bonds is 5. The molecule has 1 rings (SSSR count). The minimum atomic E-state index is -1.54. The third kappa shape index (κ3) is 3.34. The van der Waals surface area contributed by atoms with E-state index in [1.54, 1.807) is 4.68 Å². The third-order valence-corrected chi connectivity index (χ3v) is 2.84. The van der Waals surface area contributed by atoms with Gasteiger partial charge in [-0.15, -0.1) is 0 Å². The molecular formula is C13H20FN3O3. The number of aliphatic carboxylic acids is 1. The zero-order valence-corrected chi connectivity index (χ0v) is 12.1. The van der Waals surface area contributed by atoms with Gasteiger partial charge in [0.05, 0.1) is 23.0 Å². The first-order chi connectivity index (χ1) is 9.22. The Morgan fingerprint density at radius 1 is 1.50 bits per heavy atom. The van der Waals surface area contributed by atoms with E-state index in [4.69, 9.17) is 5.11 Å². The van der Waals surface area contributed by atoms with E-state index in [1.165, 1.54) is 6.20 Å². The van der Waals surface area contributed by atoms with E-state index >= 15 is 0 Å². The van der Waals surface area contributed by atoms with E-state index in [0.29, 0.717) is 12.1 Å². The quantitative estimate of drug-likeness (QED) is 0.855. The van der Waals surface area contributed by atoms with Gasteiger partial charge in [0.1, 0.15) is 6.67 Å². The van der Waals surface area contributed by atoms with Gasteiger partial charge in [-0.3, -0.25) is 9.48 Å². The number of alkyl halides is 1. The van der Waals surface area contributed by atoms with Gasteiger partial charge in [-0.25, -0.2) is 9.18 Å². The van der Waals surface area contributed by atoms with Crippen LogP contribution in [0.25, 0.3) is 0 Å². The molecule has 0 aliphatic heterocycles. The number of hydrogen-bond donors (Lipinski definition) is 2. The second kappa shape index (κ2) is 6.02. The molecule has 7 heteroatoms. The predicted molar refractivity (Wildman–Crippen MR) is 71.5 cm³/mol. The van der Waals surface area contributed by atoms with E-state index in [-0.39, 0.29) is 11.1 Å². The van der Waals surface area contributed by atoms with Gasteiger partial charge in [0, 0.05) is 0 Å². The average Bonchev–Trinajstić information content (AvgIpc) is 2.78. The van der Waals surface area contributed by atoms with Crippen molar-refractivity contribution in [3.63, 3.8) is 0 Å². The number of nitrogens with zero attached hydrogens (tertiary/aromatic N) is 2. The van der Waals surface area contributed by atoms with Gasteiger partial charge < -0.3 is 10.4 Å². The number of carboxylic acid groups (broad SMARTS) is 1. The van der Waals surface area contributed by atoms with Gasteiger partial charge in [-0.1, -0.05) is 6.92 Å². The topological polar surface area (TPSA) is 84.2 Å². The number of hydrogen-bond acceptors (Lipinski definition) is 3. The number of carbonyl (C=O) groups is 2. The van der Waals surface area contributed by atoms with Crippen molar-refractivity contribution in [2.45, 2.75) is 45.7 Å². The molecule has 6 nitrogen and oxygen atoms in total. The molecular weight excluding hydrogens is 265 g/mol. The Morgan fingerprint density at radius 3 is 2.50 bits per heavy atom. The third-order valence-electron chi connectivity index (χ3n) is 2.84. The molecule has 1 heterocycles. The summed E-state index contributed by atoms with van der Waals surface area (Å²) in [5, 5.41) is 15.1. The number of halogens is 1. The molecule has 0 saturated heterocycles. The van der Waals surface area contributed by atoms with E-state index in [0.717, 1.165) is 0 Å². The Labute approximate surface area is 117 Å². The summed E-state index contributed by atoms with van der Waals surface area (Å²) in [6.45, 7) is 6.56. The van der Waals surface area contributed by atoms with Crippen LogP contribution in [0.4, 0.5) is 4.39 Å². The molecule has 1 atom stereocenters. The van der Waals surface area contributed by atoms with Crippen molar-refractivity contribution in [3.8, 4) is 0 Å². The molecule has 0 aliphatic carbocycles. The summed E-state index contributed by atoms with van der Waals surface area (Å²) < 4.78 is 14.3. The van der Waals surface area contributed by atoms with E-state index in [9.17, 15) is 14.0 Å². The summed E-state index contributed by atoms with van der Waals surface area (Å²) in [6.07, 6.45) is 1.95. The van der Waals surface area contributed by atoms with Crippen molar-refractivity contribution in [2.24, 2.45) is 0 Å². The van der Waals surface area contributed by atoms with Gasteiger partial charge in [-0.2, -0.15) is 5.10 Å². The maximum atomic E-state index is 12.5. The van der Waals surface area contributed by atoms with Crippen LogP contribution in [-0.4, -0.2) is 39.5 Å². The highest BCUT2D eigenvalue weighted by Gasteiger charge is 2.26. The molecule has 0 fully saturated rings. The minimum Gasteiger partial charge on any atom is -0.480 e.